The van der Waals surface area contributed by atoms with Crippen molar-refractivity contribution in [1.82, 2.24) is 4.98 Å². The van der Waals surface area contributed by atoms with Crippen LogP contribution >= 0.6 is 11.3 Å². The highest BCUT2D eigenvalue weighted by atomic mass is 32.1. The smallest absolute Gasteiger partial charge is 0.275 e. The lowest BCUT2D eigenvalue weighted by Crippen LogP contribution is -2.12. The van der Waals surface area contributed by atoms with E-state index in [1.54, 1.807) is 5.38 Å². The molecule has 0 saturated heterocycles. The van der Waals surface area contributed by atoms with Crippen LogP contribution in [-0.2, 0) is 0 Å². The molecule has 1 N–H and O–H groups in total. The van der Waals surface area contributed by atoms with Gasteiger partial charge in [-0.05, 0) is 37.1 Å². The summed E-state index contributed by atoms with van der Waals surface area (Å²) in [5.41, 5.74) is 3.28. The molecule has 0 saturated carbocycles. The third-order valence-corrected chi connectivity index (χ3v) is 4.60. The normalized spacial score (nSPS) is 10.8. The highest BCUT2D eigenvalue weighted by Crippen LogP contribution is 2.27. The van der Waals surface area contributed by atoms with Crippen LogP contribution < -0.4 is 10.1 Å². The fourth-order valence-electron chi connectivity index (χ4n) is 2.32. The Morgan fingerprint density at radius 3 is 2.69 bits per heavy atom. The summed E-state index contributed by atoms with van der Waals surface area (Å²) >= 11 is 1.45. The molecule has 3 aromatic rings. The Kier molecular flexibility index (Phi) is 5.68. The third-order valence-electron chi connectivity index (χ3n) is 3.71. The second-order valence-corrected chi connectivity index (χ2v) is 7.45. The summed E-state index contributed by atoms with van der Waals surface area (Å²) in [7, 11) is 0. The maximum Gasteiger partial charge on any atom is 0.275 e. The van der Waals surface area contributed by atoms with Crippen LogP contribution in [0.4, 0.5) is 5.69 Å². The molecule has 5 heteroatoms. The Morgan fingerprint density at radius 1 is 1.19 bits per heavy atom. The average Bonchev–Trinajstić information content (AvgIpc) is 3.12. The number of aromatic nitrogens is 1. The van der Waals surface area contributed by atoms with E-state index in [1.807, 2.05) is 55.5 Å². The first-order valence-corrected chi connectivity index (χ1v) is 9.46. The summed E-state index contributed by atoms with van der Waals surface area (Å²) in [5.74, 6) is 1.08. The van der Waals surface area contributed by atoms with Crippen molar-refractivity contribution in [2.75, 3.05) is 11.9 Å². The fraction of sp³-hybridized carbons (Fsp3) is 0.238. The van der Waals surface area contributed by atoms with Gasteiger partial charge in [0.1, 0.15) is 16.5 Å². The van der Waals surface area contributed by atoms with Crippen LogP contribution in [0.25, 0.3) is 10.6 Å². The van der Waals surface area contributed by atoms with Gasteiger partial charge in [-0.2, -0.15) is 0 Å². The van der Waals surface area contributed by atoms with Gasteiger partial charge >= 0.3 is 0 Å². The Balaban J connectivity index is 1.72. The maximum absolute atomic E-state index is 12.4. The topological polar surface area (TPSA) is 51.2 Å². The van der Waals surface area contributed by atoms with Crippen LogP contribution in [0.3, 0.4) is 0 Å². The highest BCUT2D eigenvalue weighted by molar-refractivity contribution is 7.13. The zero-order valence-corrected chi connectivity index (χ0v) is 16.0. The molecule has 0 unspecified atom stereocenters. The molecule has 0 aliphatic heterocycles. The van der Waals surface area contributed by atoms with Crippen molar-refractivity contribution in [1.29, 1.82) is 0 Å². The number of nitrogens with zero attached hydrogens (tertiary/aromatic N) is 1. The number of carbonyl (C=O) groups excluding carboxylic acids is 1. The number of benzene rings is 2. The van der Waals surface area contributed by atoms with E-state index in [0.717, 1.165) is 27.6 Å². The van der Waals surface area contributed by atoms with E-state index in [4.69, 9.17) is 4.74 Å². The van der Waals surface area contributed by atoms with Crippen molar-refractivity contribution in [3.05, 3.63) is 65.2 Å². The number of nitrogens with one attached hydrogen (secondary N) is 1. The number of carbonyl (C=O) groups is 1. The number of amides is 1. The van der Waals surface area contributed by atoms with Crippen molar-refractivity contribution < 1.29 is 9.53 Å². The minimum absolute atomic E-state index is 0.205. The van der Waals surface area contributed by atoms with E-state index in [-0.39, 0.29) is 5.91 Å². The minimum Gasteiger partial charge on any atom is -0.493 e. The number of anilines is 1. The molecule has 26 heavy (non-hydrogen) atoms. The monoisotopic (exact) mass is 366 g/mol. The van der Waals surface area contributed by atoms with Crippen molar-refractivity contribution in [3.8, 4) is 16.3 Å². The molecule has 1 aromatic heterocycles. The number of hydrogen-bond donors (Lipinski definition) is 1. The first-order valence-electron chi connectivity index (χ1n) is 8.58. The van der Waals surface area contributed by atoms with Crippen LogP contribution in [0.2, 0.25) is 0 Å². The molecular weight excluding hydrogens is 344 g/mol. The second-order valence-electron chi connectivity index (χ2n) is 6.59. The standard InChI is InChI=1S/C21H22N2O2S/c1-14(2)12-25-18-6-4-5-16(11-18)21-23-19(13-26-21)20(24)22-17-9-7-15(3)8-10-17/h4-11,13-14H,12H2,1-3H3,(H,22,24). The van der Waals surface area contributed by atoms with E-state index in [9.17, 15) is 4.79 Å². The Hall–Kier alpha value is -2.66. The first kappa shape index (κ1) is 18.1. The number of hydrogen-bond acceptors (Lipinski definition) is 4. The molecule has 1 amide bonds. The molecule has 134 valence electrons. The summed E-state index contributed by atoms with van der Waals surface area (Å²) < 4.78 is 5.77. The molecule has 0 bridgehead atoms. The number of thiazole rings is 1. The molecule has 0 spiro atoms. The quantitative estimate of drug-likeness (QED) is 0.635. The van der Waals surface area contributed by atoms with Crippen LogP contribution in [0.15, 0.2) is 53.9 Å². The zero-order chi connectivity index (χ0) is 18.5. The minimum atomic E-state index is -0.205. The van der Waals surface area contributed by atoms with Crippen molar-refractivity contribution >= 4 is 22.9 Å². The van der Waals surface area contributed by atoms with Gasteiger partial charge in [-0.15, -0.1) is 11.3 Å². The molecule has 1 heterocycles. The number of rotatable bonds is 6. The van der Waals surface area contributed by atoms with E-state index in [0.29, 0.717) is 18.2 Å². The molecule has 3 rings (SSSR count). The van der Waals surface area contributed by atoms with Gasteiger partial charge in [0.2, 0.25) is 0 Å². The highest BCUT2D eigenvalue weighted by Gasteiger charge is 2.12. The van der Waals surface area contributed by atoms with Crippen LogP contribution in [0.5, 0.6) is 5.75 Å². The predicted molar refractivity (Wildman–Crippen MR) is 107 cm³/mol. The summed E-state index contributed by atoms with van der Waals surface area (Å²) in [4.78, 5) is 16.9. The summed E-state index contributed by atoms with van der Waals surface area (Å²) in [6.45, 7) is 6.91. The lowest BCUT2D eigenvalue weighted by molar-refractivity contribution is 0.102. The van der Waals surface area contributed by atoms with E-state index in [2.05, 4.69) is 24.1 Å². The van der Waals surface area contributed by atoms with Crippen molar-refractivity contribution in [3.63, 3.8) is 0 Å². The van der Waals surface area contributed by atoms with Crippen LogP contribution in [0, 0.1) is 12.8 Å². The molecule has 2 aromatic carbocycles. The zero-order valence-electron chi connectivity index (χ0n) is 15.2. The summed E-state index contributed by atoms with van der Waals surface area (Å²) in [5, 5.41) is 5.45. The molecule has 0 radical (unpaired) electrons. The van der Waals surface area contributed by atoms with Gasteiger partial charge in [0.15, 0.2) is 0 Å². The maximum atomic E-state index is 12.4. The van der Waals surface area contributed by atoms with Crippen molar-refractivity contribution in [2.24, 2.45) is 5.92 Å². The molecule has 0 aliphatic rings. The van der Waals surface area contributed by atoms with Crippen LogP contribution in [0.1, 0.15) is 29.9 Å². The van der Waals surface area contributed by atoms with Crippen molar-refractivity contribution in [2.45, 2.75) is 20.8 Å². The molecule has 0 atom stereocenters. The van der Waals surface area contributed by atoms with Gasteiger partial charge < -0.3 is 10.1 Å². The van der Waals surface area contributed by atoms with Crippen LogP contribution in [-0.4, -0.2) is 17.5 Å². The van der Waals surface area contributed by atoms with Gasteiger partial charge in [-0.3, -0.25) is 4.79 Å². The Morgan fingerprint density at radius 2 is 1.96 bits per heavy atom. The SMILES string of the molecule is Cc1ccc(NC(=O)c2csc(-c3cccc(OCC(C)C)c3)n2)cc1. The molecule has 0 aliphatic carbocycles. The van der Waals surface area contributed by atoms with Gasteiger partial charge in [-0.1, -0.05) is 43.7 Å². The lowest BCUT2D eigenvalue weighted by Gasteiger charge is -2.09. The van der Waals surface area contributed by atoms with E-state index in [1.165, 1.54) is 11.3 Å². The van der Waals surface area contributed by atoms with Gasteiger partial charge in [0.05, 0.1) is 6.61 Å². The third kappa shape index (κ3) is 4.70. The van der Waals surface area contributed by atoms with Gasteiger partial charge in [0.25, 0.3) is 5.91 Å². The molecule has 4 nitrogen and oxygen atoms in total. The molecule has 0 fully saturated rings. The second kappa shape index (κ2) is 8.15. The largest absolute Gasteiger partial charge is 0.493 e. The number of ether oxygens (including phenoxy) is 1. The van der Waals surface area contributed by atoms with Gasteiger partial charge in [0, 0.05) is 16.6 Å². The Bertz CT molecular complexity index is 885. The molecular formula is C21H22N2O2S. The summed E-state index contributed by atoms with van der Waals surface area (Å²) in [6.07, 6.45) is 0. The van der Waals surface area contributed by atoms with Gasteiger partial charge in [-0.25, -0.2) is 4.98 Å². The lowest BCUT2D eigenvalue weighted by atomic mass is 10.2. The van der Waals surface area contributed by atoms with E-state index < -0.39 is 0 Å². The fourth-order valence-corrected chi connectivity index (χ4v) is 3.12. The number of aryl methyl sites for hydroxylation is 1. The van der Waals surface area contributed by atoms with E-state index >= 15 is 0 Å². The summed E-state index contributed by atoms with van der Waals surface area (Å²) in [6, 6.07) is 15.5. The predicted octanol–water partition coefficient (Wildman–Crippen LogP) is 5.41. The Labute approximate surface area is 157 Å². The average molecular weight is 366 g/mol. The first-order chi connectivity index (χ1) is 12.5.